The van der Waals surface area contributed by atoms with Gasteiger partial charge in [0.25, 0.3) is 5.91 Å². The van der Waals surface area contributed by atoms with Crippen LogP contribution in [0.1, 0.15) is 22.8 Å². The van der Waals surface area contributed by atoms with Crippen molar-refractivity contribution in [2.75, 3.05) is 23.3 Å². The molecule has 0 heterocycles. The van der Waals surface area contributed by atoms with Gasteiger partial charge < -0.3 is 15.5 Å². The molecule has 0 aliphatic carbocycles. The number of carbonyl (C=O) groups is 2. The van der Waals surface area contributed by atoms with Crippen LogP contribution in [0, 0.1) is 0 Å². The highest BCUT2D eigenvalue weighted by molar-refractivity contribution is 6.04. The first-order valence-electron chi connectivity index (χ1n) is 9.68. The maximum absolute atomic E-state index is 12.6. The van der Waals surface area contributed by atoms with E-state index in [1.54, 1.807) is 24.3 Å². The monoisotopic (exact) mass is 387 g/mol. The minimum atomic E-state index is -0.222. The Bertz CT molecular complexity index is 943. The summed E-state index contributed by atoms with van der Waals surface area (Å²) >= 11 is 0. The zero-order valence-electron chi connectivity index (χ0n) is 16.5. The third-order valence-corrected chi connectivity index (χ3v) is 4.58. The second-order valence-electron chi connectivity index (χ2n) is 6.61. The number of hydrogen-bond donors (Lipinski definition) is 2. The van der Waals surface area contributed by atoms with Crippen LogP contribution in [-0.4, -0.2) is 24.9 Å². The van der Waals surface area contributed by atoms with Crippen molar-refractivity contribution in [1.82, 2.24) is 5.32 Å². The maximum Gasteiger partial charge on any atom is 0.253 e. The van der Waals surface area contributed by atoms with Crippen molar-refractivity contribution in [2.24, 2.45) is 0 Å². The van der Waals surface area contributed by atoms with Gasteiger partial charge in [-0.15, -0.1) is 0 Å². The van der Waals surface area contributed by atoms with E-state index in [1.807, 2.05) is 72.5 Å². The number of likely N-dealkylation sites (N-methyl/N-ethyl adjacent to an activating group) is 1. The van der Waals surface area contributed by atoms with E-state index in [1.165, 1.54) is 0 Å². The van der Waals surface area contributed by atoms with E-state index in [-0.39, 0.29) is 18.4 Å². The maximum atomic E-state index is 12.6. The predicted molar refractivity (Wildman–Crippen MR) is 117 cm³/mol. The lowest BCUT2D eigenvalue weighted by Crippen LogP contribution is -2.33. The molecule has 5 heteroatoms. The van der Waals surface area contributed by atoms with Crippen LogP contribution in [0.3, 0.4) is 0 Å². The van der Waals surface area contributed by atoms with Crippen molar-refractivity contribution in [3.8, 4) is 0 Å². The Labute approximate surface area is 171 Å². The summed E-state index contributed by atoms with van der Waals surface area (Å²) in [6.07, 6.45) is 0. The van der Waals surface area contributed by atoms with Gasteiger partial charge in [-0.1, -0.05) is 60.7 Å². The number of rotatable bonds is 8. The zero-order valence-corrected chi connectivity index (χ0v) is 16.5. The molecule has 29 heavy (non-hydrogen) atoms. The summed E-state index contributed by atoms with van der Waals surface area (Å²) in [5, 5.41) is 5.79. The molecule has 0 aliphatic heterocycles. The van der Waals surface area contributed by atoms with Crippen LogP contribution in [0.25, 0.3) is 0 Å². The minimum absolute atomic E-state index is 0.168. The number of nitrogens with zero attached hydrogens (tertiary/aromatic N) is 1. The molecular weight excluding hydrogens is 362 g/mol. The Balaban J connectivity index is 1.65. The molecule has 148 valence electrons. The summed E-state index contributed by atoms with van der Waals surface area (Å²) in [7, 11) is 0. The van der Waals surface area contributed by atoms with Crippen LogP contribution in [0.5, 0.6) is 0 Å². The Morgan fingerprint density at radius 1 is 0.828 bits per heavy atom. The van der Waals surface area contributed by atoms with Gasteiger partial charge in [-0.25, -0.2) is 0 Å². The number of benzene rings is 3. The van der Waals surface area contributed by atoms with E-state index >= 15 is 0 Å². The van der Waals surface area contributed by atoms with Crippen molar-refractivity contribution < 1.29 is 9.59 Å². The van der Waals surface area contributed by atoms with Crippen LogP contribution in [-0.2, 0) is 11.3 Å². The van der Waals surface area contributed by atoms with Crippen LogP contribution in [0.4, 0.5) is 11.4 Å². The Morgan fingerprint density at radius 3 is 2.14 bits per heavy atom. The number of hydrogen-bond acceptors (Lipinski definition) is 3. The lowest BCUT2D eigenvalue weighted by molar-refractivity contribution is -0.115. The van der Waals surface area contributed by atoms with Crippen molar-refractivity contribution in [3.05, 3.63) is 96.1 Å². The molecule has 2 N–H and O–H groups in total. The van der Waals surface area contributed by atoms with E-state index < -0.39 is 0 Å². The molecule has 0 radical (unpaired) electrons. The van der Waals surface area contributed by atoms with Gasteiger partial charge in [0.2, 0.25) is 5.91 Å². The summed E-state index contributed by atoms with van der Waals surface area (Å²) in [6, 6.07) is 26.5. The summed E-state index contributed by atoms with van der Waals surface area (Å²) in [4.78, 5) is 27.3. The number of carbonyl (C=O) groups excluding carboxylic acids is 2. The van der Waals surface area contributed by atoms with Gasteiger partial charge in [-0.05, 0) is 36.8 Å². The third-order valence-electron chi connectivity index (χ3n) is 4.58. The Hall–Kier alpha value is -3.60. The van der Waals surface area contributed by atoms with Gasteiger partial charge in [0, 0.05) is 18.8 Å². The zero-order chi connectivity index (χ0) is 20.5. The molecule has 3 aromatic carbocycles. The van der Waals surface area contributed by atoms with Crippen LogP contribution < -0.4 is 15.5 Å². The van der Waals surface area contributed by atoms with E-state index in [0.29, 0.717) is 24.3 Å². The molecule has 3 rings (SSSR count). The largest absolute Gasteiger partial charge is 0.362 e. The number of para-hydroxylation sites is 2. The SMILES string of the molecule is CCN(CC(=O)Nc1ccccc1C(=O)NCc1ccccc1)c1ccccc1. The van der Waals surface area contributed by atoms with Crippen molar-refractivity contribution in [1.29, 1.82) is 0 Å². The van der Waals surface area contributed by atoms with E-state index in [2.05, 4.69) is 10.6 Å². The van der Waals surface area contributed by atoms with E-state index in [4.69, 9.17) is 0 Å². The Morgan fingerprint density at radius 2 is 1.45 bits per heavy atom. The lowest BCUT2D eigenvalue weighted by atomic mass is 10.1. The molecule has 0 spiro atoms. The normalized spacial score (nSPS) is 10.2. The smallest absolute Gasteiger partial charge is 0.253 e. The fraction of sp³-hybridized carbons (Fsp3) is 0.167. The minimum Gasteiger partial charge on any atom is -0.362 e. The quantitative estimate of drug-likeness (QED) is 0.612. The number of amides is 2. The van der Waals surface area contributed by atoms with Gasteiger partial charge >= 0.3 is 0 Å². The van der Waals surface area contributed by atoms with Crippen molar-refractivity contribution in [3.63, 3.8) is 0 Å². The van der Waals surface area contributed by atoms with E-state index in [0.717, 1.165) is 11.3 Å². The summed E-state index contributed by atoms with van der Waals surface area (Å²) < 4.78 is 0. The predicted octanol–water partition coefficient (Wildman–Crippen LogP) is 4.08. The van der Waals surface area contributed by atoms with Gasteiger partial charge in [0.1, 0.15) is 0 Å². The third kappa shape index (κ3) is 5.69. The molecule has 2 amide bonds. The second-order valence-corrected chi connectivity index (χ2v) is 6.61. The summed E-state index contributed by atoms with van der Waals surface area (Å²) in [6.45, 7) is 3.35. The Kier molecular flexibility index (Phi) is 7.00. The van der Waals surface area contributed by atoms with Crippen LogP contribution >= 0.6 is 0 Å². The fourth-order valence-electron chi connectivity index (χ4n) is 3.05. The van der Waals surface area contributed by atoms with Crippen LogP contribution in [0.2, 0.25) is 0 Å². The molecule has 0 unspecified atom stereocenters. The highest BCUT2D eigenvalue weighted by atomic mass is 16.2. The molecule has 3 aromatic rings. The molecule has 0 atom stereocenters. The van der Waals surface area contributed by atoms with Crippen LogP contribution in [0.15, 0.2) is 84.9 Å². The van der Waals surface area contributed by atoms with Gasteiger partial charge in [-0.2, -0.15) is 0 Å². The molecule has 0 saturated carbocycles. The molecule has 0 saturated heterocycles. The molecule has 5 nitrogen and oxygen atoms in total. The molecule has 0 aliphatic rings. The second kappa shape index (κ2) is 10.1. The number of nitrogens with one attached hydrogen (secondary N) is 2. The van der Waals surface area contributed by atoms with Gasteiger partial charge in [0.15, 0.2) is 0 Å². The molecule has 0 aromatic heterocycles. The average Bonchev–Trinajstić information content (AvgIpc) is 2.77. The standard InChI is InChI=1S/C24H25N3O2/c1-2-27(20-13-7-4-8-14-20)18-23(28)26-22-16-10-9-15-21(22)24(29)25-17-19-11-5-3-6-12-19/h3-16H,2,17-18H2,1H3,(H,25,29)(H,26,28). The van der Waals surface area contributed by atoms with Gasteiger partial charge in [-0.3, -0.25) is 9.59 Å². The first-order valence-corrected chi connectivity index (χ1v) is 9.68. The summed E-state index contributed by atoms with van der Waals surface area (Å²) in [5.41, 5.74) is 2.95. The van der Waals surface area contributed by atoms with E-state index in [9.17, 15) is 9.59 Å². The number of anilines is 2. The molecule has 0 bridgehead atoms. The summed E-state index contributed by atoms with van der Waals surface area (Å²) in [5.74, 6) is -0.390. The highest BCUT2D eigenvalue weighted by Crippen LogP contribution is 2.17. The molecule has 0 fully saturated rings. The highest BCUT2D eigenvalue weighted by Gasteiger charge is 2.15. The van der Waals surface area contributed by atoms with Crippen molar-refractivity contribution >= 4 is 23.2 Å². The lowest BCUT2D eigenvalue weighted by Gasteiger charge is -2.22. The average molecular weight is 387 g/mol. The van der Waals surface area contributed by atoms with Crippen molar-refractivity contribution in [2.45, 2.75) is 13.5 Å². The first-order chi connectivity index (χ1) is 14.2. The topological polar surface area (TPSA) is 61.4 Å². The fourth-order valence-corrected chi connectivity index (χ4v) is 3.05. The first kappa shape index (κ1) is 20.1. The van der Waals surface area contributed by atoms with Gasteiger partial charge in [0.05, 0.1) is 17.8 Å². The molecular formula is C24H25N3O2.